The van der Waals surface area contributed by atoms with Gasteiger partial charge in [-0.15, -0.1) is 11.3 Å². The first-order valence-corrected chi connectivity index (χ1v) is 8.13. The van der Waals surface area contributed by atoms with E-state index in [1.807, 2.05) is 4.90 Å². The van der Waals surface area contributed by atoms with E-state index in [0.717, 1.165) is 32.1 Å². The maximum absolute atomic E-state index is 12.8. The second kappa shape index (κ2) is 5.56. The lowest BCUT2D eigenvalue weighted by molar-refractivity contribution is -0.139. The SMILES string of the molecule is O=C(O)CCN(C(=O)C1CCCc2sccc21)C1CC1. The zero-order valence-electron chi connectivity index (χ0n) is 11.4. The van der Waals surface area contributed by atoms with E-state index in [9.17, 15) is 9.59 Å². The molecule has 1 heterocycles. The maximum atomic E-state index is 12.8. The third kappa shape index (κ3) is 2.73. The first-order valence-electron chi connectivity index (χ1n) is 7.25. The Morgan fingerprint density at radius 1 is 1.35 bits per heavy atom. The molecule has 1 N–H and O–H groups in total. The van der Waals surface area contributed by atoms with Gasteiger partial charge in [-0.2, -0.15) is 0 Å². The van der Waals surface area contributed by atoms with Crippen molar-refractivity contribution in [3.8, 4) is 0 Å². The highest BCUT2D eigenvalue weighted by Crippen LogP contribution is 2.38. The Kier molecular flexibility index (Phi) is 3.78. The molecule has 0 radical (unpaired) electrons. The number of rotatable bonds is 5. The first-order chi connectivity index (χ1) is 9.66. The molecule has 1 atom stereocenters. The van der Waals surface area contributed by atoms with Crippen molar-refractivity contribution in [2.45, 2.75) is 50.5 Å². The molecule has 20 heavy (non-hydrogen) atoms. The summed E-state index contributed by atoms with van der Waals surface area (Å²) in [5, 5.41) is 10.9. The number of carbonyl (C=O) groups excluding carboxylic acids is 1. The number of carbonyl (C=O) groups is 2. The van der Waals surface area contributed by atoms with Gasteiger partial charge in [0.2, 0.25) is 5.91 Å². The Hall–Kier alpha value is -1.36. The van der Waals surface area contributed by atoms with Gasteiger partial charge in [0.15, 0.2) is 0 Å². The molecule has 1 amide bonds. The van der Waals surface area contributed by atoms with Crippen LogP contribution in [0.2, 0.25) is 0 Å². The summed E-state index contributed by atoms with van der Waals surface area (Å²) in [4.78, 5) is 26.7. The third-order valence-electron chi connectivity index (χ3n) is 4.19. The van der Waals surface area contributed by atoms with Gasteiger partial charge < -0.3 is 10.0 Å². The molecule has 1 saturated carbocycles. The minimum Gasteiger partial charge on any atom is -0.481 e. The van der Waals surface area contributed by atoms with Gasteiger partial charge in [-0.05, 0) is 49.1 Å². The molecule has 4 nitrogen and oxygen atoms in total. The van der Waals surface area contributed by atoms with Crippen molar-refractivity contribution in [3.63, 3.8) is 0 Å². The fourth-order valence-electron chi connectivity index (χ4n) is 3.02. The van der Waals surface area contributed by atoms with Gasteiger partial charge in [-0.1, -0.05) is 0 Å². The highest BCUT2D eigenvalue weighted by atomic mass is 32.1. The van der Waals surface area contributed by atoms with Crippen molar-refractivity contribution in [1.82, 2.24) is 4.90 Å². The molecule has 0 bridgehead atoms. The summed E-state index contributed by atoms with van der Waals surface area (Å²) in [5.74, 6) is -0.726. The van der Waals surface area contributed by atoms with Crippen LogP contribution in [0.25, 0.3) is 0 Å². The van der Waals surface area contributed by atoms with Crippen LogP contribution in [-0.2, 0) is 16.0 Å². The summed E-state index contributed by atoms with van der Waals surface area (Å²) < 4.78 is 0. The van der Waals surface area contributed by atoms with Crippen LogP contribution in [-0.4, -0.2) is 34.5 Å². The minimum atomic E-state index is -0.830. The summed E-state index contributed by atoms with van der Waals surface area (Å²) in [5.41, 5.74) is 1.19. The van der Waals surface area contributed by atoms with Crippen LogP contribution in [0.3, 0.4) is 0 Å². The number of carboxylic acids is 1. The second-order valence-electron chi connectivity index (χ2n) is 5.65. The van der Waals surface area contributed by atoms with E-state index in [1.165, 1.54) is 10.4 Å². The van der Waals surface area contributed by atoms with E-state index in [2.05, 4.69) is 11.4 Å². The van der Waals surface area contributed by atoms with Gasteiger partial charge >= 0.3 is 5.97 Å². The summed E-state index contributed by atoms with van der Waals surface area (Å²) in [6, 6.07) is 2.36. The molecule has 1 unspecified atom stereocenters. The number of amides is 1. The van der Waals surface area contributed by atoms with Crippen molar-refractivity contribution >= 4 is 23.2 Å². The predicted molar refractivity (Wildman–Crippen MR) is 77.0 cm³/mol. The summed E-state index contributed by atoms with van der Waals surface area (Å²) >= 11 is 1.74. The third-order valence-corrected chi connectivity index (χ3v) is 5.18. The van der Waals surface area contributed by atoms with Crippen LogP contribution in [0, 0.1) is 0 Å². The fraction of sp³-hybridized carbons (Fsp3) is 0.600. The number of carboxylic acid groups (broad SMARTS) is 1. The van der Waals surface area contributed by atoms with Crippen molar-refractivity contribution in [3.05, 3.63) is 21.9 Å². The van der Waals surface area contributed by atoms with E-state index in [1.54, 1.807) is 11.3 Å². The van der Waals surface area contributed by atoms with Crippen LogP contribution >= 0.6 is 11.3 Å². The highest BCUT2D eigenvalue weighted by Gasteiger charge is 2.37. The van der Waals surface area contributed by atoms with E-state index < -0.39 is 5.97 Å². The summed E-state index contributed by atoms with van der Waals surface area (Å²) in [7, 11) is 0. The van der Waals surface area contributed by atoms with Gasteiger partial charge in [0.05, 0.1) is 12.3 Å². The molecule has 3 rings (SSSR count). The molecular weight excluding hydrogens is 274 g/mol. The Bertz CT molecular complexity index is 521. The van der Waals surface area contributed by atoms with Crippen LogP contribution in [0.4, 0.5) is 0 Å². The van der Waals surface area contributed by atoms with Gasteiger partial charge in [-0.3, -0.25) is 9.59 Å². The summed E-state index contributed by atoms with van der Waals surface area (Å²) in [6.45, 7) is 0.356. The van der Waals surface area contributed by atoms with E-state index in [-0.39, 0.29) is 24.3 Å². The molecule has 2 aliphatic rings. The average molecular weight is 293 g/mol. The van der Waals surface area contributed by atoms with Crippen LogP contribution in [0.15, 0.2) is 11.4 Å². The van der Waals surface area contributed by atoms with Crippen LogP contribution in [0.5, 0.6) is 0 Å². The van der Waals surface area contributed by atoms with Gasteiger partial charge in [0.25, 0.3) is 0 Å². The number of fused-ring (bicyclic) bond motifs is 1. The Morgan fingerprint density at radius 3 is 2.85 bits per heavy atom. The predicted octanol–water partition coefficient (Wildman–Crippen LogP) is 2.63. The van der Waals surface area contributed by atoms with Gasteiger partial charge in [0, 0.05) is 17.5 Å². The standard InChI is InChI=1S/C15H19NO3S/c17-14(18)6-8-16(10-4-5-10)15(19)12-2-1-3-13-11(12)7-9-20-13/h7,9-10,12H,1-6,8H2,(H,17,18). The number of nitrogens with zero attached hydrogens (tertiary/aromatic N) is 1. The van der Waals surface area contributed by atoms with Gasteiger partial charge in [-0.25, -0.2) is 0 Å². The van der Waals surface area contributed by atoms with Crippen LogP contribution in [0.1, 0.15) is 48.5 Å². The van der Waals surface area contributed by atoms with Crippen molar-refractivity contribution < 1.29 is 14.7 Å². The van der Waals surface area contributed by atoms with Crippen molar-refractivity contribution in [2.24, 2.45) is 0 Å². The van der Waals surface area contributed by atoms with Crippen molar-refractivity contribution in [2.75, 3.05) is 6.54 Å². The molecule has 1 aromatic heterocycles. The molecule has 2 aliphatic carbocycles. The number of hydrogen-bond acceptors (Lipinski definition) is 3. The largest absolute Gasteiger partial charge is 0.481 e. The summed E-state index contributed by atoms with van der Waals surface area (Å²) in [6.07, 6.45) is 5.13. The molecular formula is C15H19NO3S. The van der Waals surface area contributed by atoms with E-state index >= 15 is 0 Å². The number of thiophene rings is 1. The Morgan fingerprint density at radius 2 is 2.15 bits per heavy atom. The minimum absolute atomic E-state index is 0.0422. The Balaban J connectivity index is 1.75. The first kappa shape index (κ1) is 13.6. The van der Waals surface area contributed by atoms with E-state index in [4.69, 9.17) is 5.11 Å². The zero-order valence-corrected chi connectivity index (χ0v) is 12.2. The topological polar surface area (TPSA) is 57.6 Å². The molecule has 0 aromatic carbocycles. The quantitative estimate of drug-likeness (QED) is 0.908. The fourth-order valence-corrected chi connectivity index (χ4v) is 4.01. The molecule has 1 fully saturated rings. The van der Waals surface area contributed by atoms with Gasteiger partial charge in [0.1, 0.15) is 0 Å². The molecule has 1 aromatic rings. The number of aryl methyl sites for hydroxylation is 1. The van der Waals surface area contributed by atoms with Crippen molar-refractivity contribution in [1.29, 1.82) is 0 Å². The molecule has 0 aliphatic heterocycles. The molecule has 108 valence electrons. The maximum Gasteiger partial charge on any atom is 0.305 e. The molecule has 0 spiro atoms. The lowest BCUT2D eigenvalue weighted by Crippen LogP contribution is -2.39. The smallest absolute Gasteiger partial charge is 0.305 e. The number of aliphatic carboxylic acids is 1. The number of hydrogen-bond donors (Lipinski definition) is 1. The monoisotopic (exact) mass is 293 g/mol. The zero-order chi connectivity index (χ0) is 14.1. The lowest BCUT2D eigenvalue weighted by atomic mass is 9.86. The average Bonchev–Trinajstić information content (AvgIpc) is 3.14. The normalized spacial score (nSPS) is 21.3. The Labute approximate surface area is 122 Å². The second-order valence-corrected chi connectivity index (χ2v) is 6.65. The lowest BCUT2D eigenvalue weighted by Gasteiger charge is -2.29. The van der Waals surface area contributed by atoms with Crippen LogP contribution < -0.4 is 0 Å². The molecule has 5 heteroatoms. The highest BCUT2D eigenvalue weighted by molar-refractivity contribution is 7.10. The van der Waals surface area contributed by atoms with E-state index in [0.29, 0.717) is 6.54 Å². The molecule has 0 saturated heterocycles.